The lowest BCUT2D eigenvalue weighted by Crippen LogP contribution is -2.07. The Balaban J connectivity index is 2.10. The van der Waals surface area contributed by atoms with Gasteiger partial charge in [-0.05, 0) is 47.5 Å². The molecule has 0 aliphatic heterocycles. The molecule has 0 bridgehead atoms. The van der Waals surface area contributed by atoms with Gasteiger partial charge in [0.25, 0.3) is 20.2 Å². The molecule has 27 heavy (non-hydrogen) atoms. The molecule has 0 saturated heterocycles. The minimum absolute atomic E-state index is 0.229. The van der Waals surface area contributed by atoms with Crippen LogP contribution in [0.4, 0.5) is 0 Å². The molecule has 1 heterocycles. The summed E-state index contributed by atoms with van der Waals surface area (Å²) >= 11 is 0. The second-order valence-electron chi connectivity index (χ2n) is 5.78. The molecule has 0 fully saturated rings. The van der Waals surface area contributed by atoms with Gasteiger partial charge in [-0.15, -0.1) is 0 Å². The van der Waals surface area contributed by atoms with Crippen molar-refractivity contribution in [3.05, 3.63) is 89.7 Å². The molecule has 9 heteroatoms. The highest BCUT2D eigenvalue weighted by Gasteiger charge is 2.20. The summed E-state index contributed by atoms with van der Waals surface area (Å²) in [5, 5.41) is 0. The third-order valence-electron chi connectivity index (χ3n) is 4.01. The van der Waals surface area contributed by atoms with Crippen molar-refractivity contribution in [1.29, 1.82) is 0 Å². The highest BCUT2D eigenvalue weighted by Crippen LogP contribution is 2.31. The molecule has 0 unspecified atom stereocenters. The first-order valence-corrected chi connectivity index (χ1v) is 10.6. The van der Waals surface area contributed by atoms with Gasteiger partial charge in [0.05, 0.1) is 21.4 Å². The lowest BCUT2D eigenvalue weighted by atomic mass is 9.88. The van der Waals surface area contributed by atoms with E-state index >= 15 is 0 Å². The second-order valence-corrected chi connectivity index (χ2v) is 8.62. The van der Waals surface area contributed by atoms with Crippen LogP contribution >= 0.6 is 0 Å². The van der Waals surface area contributed by atoms with Gasteiger partial charge < -0.3 is 0 Å². The molecule has 0 aliphatic carbocycles. The molecule has 140 valence electrons. The van der Waals surface area contributed by atoms with Crippen LogP contribution < -0.4 is 0 Å². The number of benzene rings is 2. The zero-order valence-electron chi connectivity index (χ0n) is 13.8. The normalized spacial score (nSPS) is 12.3. The molecule has 7 nitrogen and oxygen atoms in total. The van der Waals surface area contributed by atoms with Crippen molar-refractivity contribution in [2.75, 3.05) is 0 Å². The third kappa shape index (κ3) is 4.40. The van der Waals surface area contributed by atoms with Crippen LogP contribution in [0.15, 0.2) is 82.7 Å². The van der Waals surface area contributed by atoms with Crippen molar-refractivity contribution in [3.8, 4) is 0 Å². The Morgan fingerprint density at radius 3 is 1.44 bits per heavy atom. The van der Waals surface area contributed by atoms with E-state index in [0.29, 0.717) is 16.8 Å². The first-order chi connectivity index (χ1) is 12.7. The SMILES string of the molecule is O=S(=O)(O)c1ccc(C(c2ccc(S(=O)(=O)O)cc2)c2ccccn2)cc1. The van der Waals surface area contributed by atoms with E-state index in [1.54, 1.807) is 48.7 Å². The fourth-order valence-corrected chi connectivity index (χ4v) is 3.71. The predicted molar refractivity (Wildman–Crippen MR) is 97.7 cm³/mol. The molecule has 2 aromatic carbocycles. The topological polar surface area (TPSA) is 122 Å². The summed E-state index contributed by atoms with van der Waals surface area (Å²) in [7, 11) is -8.61. The van der Waals surface area contributed by atoms with Crippen LogP contribution in [0, 0.1) is 0 Å². The highest BCUT2D eigenvalue weighted by atomic mass is 32.2. The first-order valence-electron chi connectivity index (χ1n) is 7.72. The van der Waals surface area contributed by atoms with Gasteiger partial charge >= 0.3 is 0 Å². The van der Waals surface area contributed by atoms with Crippen LogP contribution in [-0.2, 0) is 20.2 Å². The van der Waals surface area contributed by atoms with E-state index < -0.39 is 26.2 Å². The number of hydrogen-bond donors (Lipinski definition) is 2. The van der Waals surface area contributed by atoms with Crippen LogP contribution in [0.2, 0.25) is 0 Å². The van der Waals surface area contributed by atoms with Crippen molar-refractivity contribution in [2.24, 2.45) is 0 Å². The largest absolute Gasteiger partial charge is 0.294 e. The smallest absolute Gasteiger partial charge is 0.282 e. The lowest BCUT2D eigenvalue weighted by molar-refractivity contribution is 0.481. The zero-order chi connectivity index (χ0) is 19.7. The van der Waals surface area contributed by atoms with Gasteiger partial charge in [-0.3, -0.25) is 14.1 Å². The monoisotopic (exact) mass is 405 g/mol. The van der Waals surface area contributed by atoms with E-state index in [9.17, 15) is 16.8 Å². The molecular formula is C18H15NO6S2. The van der Waals surface area contributed by atoms with Crippen molar-refractivity contribution >= 4 is 20.2 Å². The van der Waals surface area contributed by atoms with Crippen molar-refractivity contribution in [1.82, 2.24) is 4.98 Å². The van der Waals surface area contributed by atoms with E-state index in [1.165, 1.54) is 24.3 Å². The molecule has 0 amide bonds. The highest BCUT2D eigenvalue weighted by molar-refractivity contribution is 7.86. The van der Waals surface area contributed by atoms with Gasteiger partial charge in [-0.1, -0.05) is 30.3 Å². The molecule has 0 spiro atoms. The Morgan fingerprint density at radius 2 is 1.11 bits per heavy atom. The molecular weight excluding hydrogens is 390 g/mol. The van der Waals surface area contributed by atoms with Crippen molar-refractivity contribution < 1.29 is 25.9 Å². The van der Waals surface area contributed by atoms with E-state index in [0.717, 1.165) is 0 Å². The number of pyridine rings is 1. The van der Waals surface area contributed by atoms with Crippen molar-refractivity contribution in [3.63, 3.8) is 0 Å². The van der Waals surface area contributed by atoms with Gasteiger partial charge in [0.2, 0.25) is 0 Å². The van der Waals surface area contributed by atoms with Gasteiger partial charge in [-0.2, -0.15) is 16.8 Å². The standard InChI is InChI=1S/C18H15NO6S2/c20-26(21,22)15-8-4-13(5-9-15)18(17-3-1-2-12-19-17)14-6-10-16(11-7-14)27(23,24)25/h1-12,18H,(H,20,21,22)(H,23,24,25). The van der Waals surface area contributed by atoms with E-state index in [-0.39, 0.29) is 9.79 Å². The van der Waals surface area contributed by atoms with Crippen LogP contribution in [-0.4, -0.2) is 30.9 Å². The lowest BCUT2D eigenvalue weighted by Gasteiger charge is -2.18. The van der Waals surface area contributed by atoms with E-state index in [1.807, 2.05) is 0 Å². The van der Waals surface area contributed by atoms with Crippen LogP contribution in [0.25, 0.3) is 0 Å². The fourth-order valence-electron chi connectivity index (χ4n) is 2.75. The number of nitrogens with zero attached hydrogens (tertiary/aromatic N) is 1. The molecule has 0 atom stereocenters. The zero-order valence-corrected chi connectivity index (χ0v) is 15.4. The molecule has 1 aromatic heterocycles. The summed E-state index contributed by atoms with van der Waals surface area (Å²) in [4.78, 5) is 3.88. The first kappa shape index (κ1) is 19.2. The Bertz CT molecular complexity index is 1070. The summed E-state index contributed by atoms with van der Waals surface area (Å²) in [5.41, 5.74) is 2.05. The summed E-state index contributed by atoms with van der Waals surface area (Å²) in [6.07, 6.45) is 1.61. The van der Waals surface area contributed by atoms with Crippen molar-refractivity contribution in [2.45, 2.75) is 15.7 Å². The number of aromatic nitrogens is 1. The van der Waals surface area contributed by atoms with Crippen LogP contribution in [0.3, 0.4) is 0 Å². The van der Waals surface area contributed by atoms with E-state index in [4.69, 9.17) is 9.11 Å². The number of hydrogen-bond acceptors (Lipinski definition) is 5. The summed E-state index contributed by atoms with van der Waals surface area (Å²) in [6, 6.07) is 16.7. The molecule has 2 N–H and O–H groups in total. The Labute approximate surface area is 156 Å². The average molecular weight is 405 g/mol. The van der Waals surface area contributed by atoms with Crippen LogP contribution in [0.5, 0.6) is 0 Å². The Kier molecular flexibility index (Phi) is 5.11. The maximum Gasteiger partial charge on any atom is 0.294 e. The van der Waals surface area contributed by atoms with Gasteiger partial charge in [0, 0.05) is 6.20 Å². The molecule has 3 rings (SSSR count). The quantitative estimate of drug-likeness (QED) is 0.626. The minimum Gasteiger partial charge on any atom is -0.282 e. The minimum atomic E-state index is -4.31. The Hall–Kier alpha value is -2.59. The predicted octanol–water partition coefficient (Wildman–Crippen LogP) is 2.76. The van der Waals surface area contributed by atoms with E-state index in [2.05, 4.69) is 4.98 Å². The maximum atomic E-state index is 11.2. The summed E-state index contributed by atoms with van der Waals surface area (Å²) in [5.74, 6) is -0.405. The second kappa shape index (κ2) is 7.20. The molecule has 0 aliphatic rings. The fraction of sp³-hybridized carbons (Fsp3) is 0.0556. The maximum absolute atomic E-state index is 11.2. The molecule has 0 radical (unpaired) electrons. The summed E-state index contributed by atoms with van der Waals surface area (Å²) in [6.45, 7) is 0. The van der Waals surface area contributed by atoms with Gasteiger partial charge in [0.15, 0.2) is 0 Å². The summed E-state index contributed by atoms with van der Waals surface area (Å²) < 4.78 is 63.3. The molecule has 3 aromatic rings. The molecule has 0 saturated carbocycles. The third-order valence-corrected chi connectivity index (χ3v) is 5.74. The number of rotatable bonds is 5. The average Bonchev–Trinajstić information content (AvgIpc) is 2.62. The van der Waals surface area contributed by atoms with Gasteiger partial charge in [-0.25, -0.2) is 0 Å². The van der Waals surface area contributed by atoms with Gasteiger partial charge in [0.1, 0.15) is 0 Å². The Morgan fingerprint density at radius 1 is 0.667 bits per heavy atom. The van der Waals surface area contributed by atoms with Crippen LogP contribution in [0.1, 0.15) is 22.7 Å².